The molecule has 1 heterocycles. The van der Waals surface area contributed by atoms with Crippen LogP contribution in [-0.4, -0.2) is 29.3 Å². The highest BCUT2D eigenvalue weighted by Gasteiger charge is 2.31. The summed E-state index contributed by atoms with van der Waals surface area (Å²) in [6.45, 7) is 2.76. The van der Waals surface area contributed by atoms with Gasteiger partial charge in [0.15, 0.2) is 0 Å². The Morgan fingerprint density at radius 2 is 2.38 bits per heavy atom. The first-order valence-corrected chi connectivity index (χ1v) is 5.82. The Kier molecular flexibility index (Phi) is 3.41. The molecule has 1 aliphatic rings. The van der Waals surface area contributed by atoms with Crippen molar-refractivity contribution < 1.29 is 5.11 Å². The summed E-state index contributed by atoms with van der Waals surface area (Å²) in [7, 11) is 0. The fourth-order valence-electron chi connectivity index (χ4n) is 1.96. The van der Waals surface area contributed by atoms with Crippen LogP contribution in [0.2, 0.25) is 0 Å². The van der Waals surface area contributed by atoms with Crippen molar-refractivity contribution in [1.29, 1.82) is 0 Å². The lowest BCUT2D eigenvalue weighted by Crippen LogP contribution is -2.31. The minimum atomic E-state index is -0.0244. The minimum absolute atomic E-state index is 0.0244. The number of aromatic nitrogens is 1. The molecule has 0 spiro atoms. The van der Waals surface area contributed by atoms with Crippen LogP contribution in [0.4, 0.5) is 5.82 Å². The Morgan fingerprint density at radius 1 is 1.62 bits per heavy atom. The Balaban J connectivity index is 2.28. The number of hydrogen-bond acceptors (Lipinski definition) is 4. The first-order valence-electron chi connectivity index (χ1n) is 5.82. The van der Waals surface area contributed by atoms with Crippen molar-refractivity contribution in [2.45, 2.75) is 31.8 Å². The Labute approximate surface area is 96.1 Å². The van der Waals surface area contributed by atoms with Gasteiger partial charge in [0, 0.05) is 30.4 Å². The number of pyridine rings is 1. The smallest absolute Gasteiger partial charge is 0.133 e. The largest absolute Gasteiger partial charge is 0.395 e. The lowest BCUT2D eigenvalue weighted by atomic mass is 10.1. The molecular formula is C12H19N3O. The predicted molar refractivity (Wildman–Crippen MR) is 64.3 cm³/mol. The number of aliphatic hydroxyl groups is 1. The zero-order valence-corrected chi connectivity index (χ0v) is 9.63. The van der Waals surface area contributed by atoms with E-state index in [9.17, 15) is 0 Å². The van der Waals surface area contributed by atoms with Crippen molar-refractivity contribution in [1.82, 2.24) is 4.98 Å². The maximum Gasteiger partial charge on any atom is 0.133 e. The van der Waals surface area contributed by atoms with E-state index in [2.05, 4.69) is 9.88 Å². The predicted octanol–water partition coefficient (Wildman–Crippen LogP) is 1.06. The second-order valence-corrected chi connectivity index (χ2v) is 4.35. The maximum atomic E-state index is 9.10. The lowest BCUT2D eigenvalue weighted by molar-refractivity contribution is 0.301. The van der Waals surface area contributed by atoms with Gasteiger partial charge in [-0.1, -0.05) is 6.07 Å². The van der Waals surface area contributed by atoms with Crippen molar-refractivity contribution >= 4 is 5.82 Å². The quantitative estimate of drug-likeness (QED) is 0.780. The summed E-state index contributed by atoms with van der Waals surface area (Å²) in [5.74, 6) is 0.939. The van der Waals surface area contributed by atoms with E-state index in [1.807, 2.05) is 19.1 Å². The molecule has 0 aliphatic heterocycles. The standard InChI is InChI=1S/C12H19N3O/c1-9(13)11-3-2-6-14-12(11)15(7-8-16)10-4-5-10/h2-3,6,9-10,16H,4-5,7-8,13H2,1H3/t9-/m0/s1. The van der Waals surface area contributed by atoms with Gasteiger partial charge in [0.2, 0.25) is 0 Å². The van der Waals surface area contributed by atoms with E-state index in [4.69, 9.17) is 10.8 Å². The fourth-order valence-corrected chi connectivity index (χ4v) is 1.96. The number of anilines is 1. The van der Waals surface area contributed by atoms with Gasteiger partial charge >= 0.3 is 0 Å². The Morgan fingerprint density at radius 3 is 2.94 bits per heavy atom. The van der Waals surface area contributed by atoms with Crippen LogP contribution >= 0.6 is 0 Å². The molecule has 0 saturated heterocycles. The van der Waals surface area contributed by atoms with Gasteiger partial charge in [0.25, 0.3) is 0 Å². The van der Waals surface area contributed by atoms with Crippen molar-refractivity contribution in [3.63, 3.8) is 0 Å². The highest BCUT2D eigenvalue weighted by Crippen LogP contribution is 2.33. The van der Waals surface area contributed by atoms with Crippen molar-refractivity contribution in [2.24, 2.45) is 5.73 Å². The monoisotopic (exact) mass is 221 g/mol. The van der Waals surface area contributed by atoms with E-state index in [0.29, 0.717) is 12.6 Å². The number of nitrogens with two attached hydrogens (primary N) is 1. The summed E-state index contributed by atoms with van der Waals surface area (Å²) in [6, 6.07) is 4.44. The van der Waals surface area contributed by atoms with Crippen LogP contribution in [0.3, 0.4) is 0 Å². The molecule has 1 aromatic rings. The average Bonchev–Trinajstić information content (AvgIpc) is 3.10. The third kappa shape index (κ3) is 2.33. The van der Waals surface area contributed by atoms with Crippen LogP contribution in [0.5, 0.6) is 0 Å². The summed E-state index contributed by atoms with van der Waals surface area (Å²) < 4.78 is 0. The van der Waals surface area contributed by atoms with Crippen LogP contribution in [0.15, 0.2) is 18.3 Å². The van der Waals surface area contributed by atoms with E-state index in [1.54, 1.807) is 6.20 Å². The Bertz CT molecular complexity index is 350. The Hall–Kier alpha value is -1.13. The normalized spacial score (nSPS) is 17.2. The molecule has 1 saturated carbocycles. The zero-order chi connectivity index (χ0) is 11.5. The molecule has 4 nitrogen and oxygen atoms in total. The van der Waals surface area contributed by atoms with Crippen molar-refractivity contribution in [3.05, 3.63) is 23.9 Å². The van der Waals surface area contributed by atoms with Gasteiger partial charge in [-0.25, -0.2) is 4.98 Å². The highest BCUT2D eigenvalue weighted by molar-refractivity contribution is 5.50. The summed E-state index contributed by atoms with van der Waals surface area (Å²) in [6.07, 6.45) is 4.16. The molecule has 0 radical (unpaired) electrons. The molecule has 1 fully saturated rings. The van der Waals surface area contributed by atoms with Gasteiger partial charge in [-0.15, -0.1) is 0 Å². The van der Waals surface area contributed by atoms with Gasteiger partial charge in [-0.2, -0.15) is 0 Å². The van der Waals surface area contributed by atoms with Gasteiger partial charge < -0.3 is 15.7 Å². The molecule has 0 aromatic carbocycles. The molecule has 0 bridgehead atoms. The molecular weight excluding hydrogens is 202 g/mol. The van der Waals surface area contributed by atoms with E-state index in [-0.39, 0.29) is 12.6 Å². The fraction of sp³-hybridized carbons (Fsp3) is 0.583. The molecule has 2 rings (SSSR count). The second kappa shape index (κ2) is 4.80. The van der Waals surface area contributed by atoms with Crippen molar-refractivity contribution in [3.8, 4) is 0 Å². The van der Waals surface area contributed by atoms with Gasteiger partial charge in [0.05, 0.1) is 6.61 Å². The van der Waals surface area contributed by atoms with Crippen molar-refractivity contribution in [2.75, 3.05) is 18.1 Å². The topological polar surface area (TPSA) is 62.4 Å². The maximum absolute atomic E-state index is 9.10. The summed E-state index contributed by atoms with van der Waals surface area (Å²) in [4.78, 5) is 6.59. The van der Waals surface area contributed by atoms with Gasteiger partial charge in [-0.05, 0) is 25.8 Å². The minimum Gasteiger partial charge on any atom is -0.395 e. The highest BCUT2D eigenvalue weighted by atomic mass is 16.3. The number of nitrogens with zero attached hydrogens (tertiary/aromatic N) is 2. The first-order chi connectivity index (χ1) is 7.74. The van der Waals surface area contributed by atoms with E-state index in [0.717, 1.165) is 11.4 Å². The van der Waals surface area contributed by atoms with Gasteiger partial charge in [-0.3, -0.25) is 0 Å². The molecule has 0 unspecified atom stereocenters. The summed E-state index contributed by atoms with van der Waals surface area (Å²) in [5, 5.41) is 9.10. The number of hydrogen-bond donors (Lipinski definition) is 2. The van der Waals surface area contributed by atoms with Crippen LogP contribution in [-0.2, 0) is 0 Å². The van der Waals surface area contributed by atoms with Crippen LogP contribution in [0, 0.1) is 0 Å². The zero-order valence-electron chi connectivity index (χ0n) is 9.63. The average molecular weight is 221 g/mol. The van der Waals surface area contributed by atoms with E-state index in [1.165, 1.54) is 12.8 Å². The van der Waals surface area contributed by atoms with E-state index >= 15 is 0 Å². The van der Waals surface area contributed by atoms with Crippen LogP contribution in [0.25, 0.3) is 0 Å². The molecule has 4 heteroatoms. The number of rotatable bonds is 5. The molecule has 1 aliphatic carbocycles. The van der Waals surface area contributed by atoms with Gasteiger partial charge in [0.1, 0.15) is 5.82 Å². The molecule has 0 amide bonds. The molecule has 1 aromatic heterocycles. The van der Waals surface area contributed by atoms with Crippen LogP contribution < -0.4 is 10.6 Å². The molecule has 16 heavy (non-hydrogen) atoms. The number of aliphatic hydroxyl groups excluding tert-OH is 1. The van der Waals surface area contributed by atoms with Crippen LogP contribution in [0.1, 0.15) is 31.4 Å². The lowest BCUT2D eigenvalue weighted by Gasteiger charge is -2.25. The second-order valence-electron chi connectivity index (χ2n) is 4.35. The third-order valence-corrected chi connectivity index (χ3v) is 2.91. The third-order valence-electron chi connectivity index (χ3n) is 2.91. The molecule has 88 valence electrons. The SMILES string of the molecule is C[C@H](N)c1cccnc1N(CCO)C1CC1. The van der Waals surface area contributed by atoms with E-state index < -0.39 is 0 Å². The molecule has 1 atom stereocenters. The summed E-state index contributed by atoms with van der Waals surface area (Å²) in [5.41, 5.74) is 7.00. The molecule has 3 N–H and O–H groups in total. The first kappa shape index (κ1) is 11.4. The summed E-state index contributed by atoms with van der Waals surface area (Å²) >= 11 is 0.